The quantitative estimate of drug-likeness (QED) is 0.749. The van der Waals surface area contributed by atoms with Crippen LogP contribution in [-0.2, 0) is 13.0 Å². The highest BCUT2D eigenvalue weighted by atomic mass is 16.5. The number of aliphatic hydroxyl groups is 1. The predicted octanol–water partition coefficient (Wildman–Crippen LogP) is 1.61. The van der Waals surface area contributed by atoms with Crippen LogP contribution in [-0.4, -0.2) is 84.9 Å². The van der Waals surface area contributed by atoms with Crippen molar-refractivity contribution < 1.29 is 9.84 Å². The predicted molar refractivity (Wildman–Crippen MR) is 106 cm³/mol. The van der Waals surface area contributed by atoms with E-state index in [1.807, 2.05) is 13.0 Å². The summed E-state index contributed by atoms with van der Waals surface area (Å²) in [5.41, 5.74) is 2.46. The van der Waals surface area contributed by atoms with Crippen LogP contribution in [0, 0.1) is 0 Å². The number of nitrogens with zero attached hydrogens (tertiary/aromatic N) is 3. The van der Waals surface area contributed by atoms with E-state index in [2.05, 4.69) is 46.5 Å². The van der Waals surface area contributed by atoms with Gasteiger partial charge in [0.2, 0.25) is 0 Å². The lowest BCUT2D eigenvalue weighted by atomic mass is 10.1. The Hall–Kier alpha value is -1.40. The highest BCUT2D eigenvalue weighted by Gasteiger charge is 2.36. The molecule has 5 nitrogen and oxygen atoms in total. The summed E-state index contributed by atoms with van der Waals surface area (Å²) in [6.07, 6.45) is 2.48. The van der Waals surface area contributed by atoms with Crippen LogP contribution in [0.2, 0.25) is 0 Å². The Morgan fingerprint density at radius 2 is 2.00 bits per heavy atom. The Labute approximate surface area is 157 Å². The smallest absolute Gasteiger partial charge is 0.122 e. The molecule has 0 saturated carbocycles. The second-order valence-corrected chi connectivity index (χ2v) is 7.54. The second kappa shape index (κ2) is 9.00. The van der Waals surface area contributed by atoms with E-state index in [4.69, 9.17) is 4.74 Å². The van der Waals surface area contributed by atoms with Crippen LogP contribution in [0.1, 0.15) is 18.1 Å². The molecule has 2 atom stereocenters. The van der Waals surface area contributed by atoms with E-state index in [0.29, 0.717) is 6.61 Å². The molecule has 0 unspecified atom stereocenters. The van der Waals surface area contributed by atoms with E-state index >= 15 is 0 Å². The Kier molecular flexibility index (Phi) is 6.70. The lowest BCUT2D eigenvalue weighted by Crippen LogP contribution is -2.52. The van der Waals surface area contributed by atoms with Crippen LogP contribution in [0.25, 0.3) is 0 Å². The molecule has 2 heterocycles. The number of aliphatic hydroxyl groups excluding tert-OH is 1. The van der Waals surface area contributed by atoms with Crippen LogP contribution < -0.4 is 4.74 Å². The summed E-state index contributed by atoms with van der Waals surface area (Å²) >= 11 is 0. The molecule has 0 bridgehead atoms. The zero-order valence-corrected chi connectivity index (χ0v) is 16.2. The Morgan fingerprint density at radius 1 is 1.23 bits per heavy atom. The third kappa shape index (κ3) is 4.65. The minimum atomic E-state index is -0.256. The molecule has 2 aliphatic heterocycles. The van der Waals surface area contributed by atoms with Crippen molar-refractivity contribution in [3.05, 3.63) is 42.0 Å². The van der Waals surface area contributed by atoms with Crippen molar-refractivity contribution in [2.45, 2.75) is 32.0 Å². The van der Waals surface area contributed by atoms with Crippen molar-refractivity contribution in [2.24, 2.45) is 0 Å². The number of β-amino-alcohol motifs (C(OH)–C–C–N with tert-alkyl or cyclic N) is 1. The van der Waals surface area contributed by atoms with Crippen LogP contribution >= 0.6 is 0 Å². The molecule has 0 amide bonds. The van der Waals surface area contributed by atoms with Gasteiger partial charge in [0.25, 0.3) is 0 Å². The molecule has 144 valence electrons. The lowest BCUT2D eigenvalue weighted by molar-refractivity contribution is 0.0512. The van der Waals surface area contributed by atoms with E-state index in [0.717, 1.165) is 58.0 Å². The largest absolute Gasteiger partial charge is 0.494 e. The first-order valence-electron chi connectivity index (χ1n) is 9.79. The van der Waals surface area contributed by atoms with E-state index in [-0.39, 0.29) is 12.1 Å². The number of hydrogen-bond donors (Lipinski definition) is 1. The summed E-state index contributed by atoms with van der Waals surface area (Å²) in [7, 11) is 2.17. The summed E-state index contributed by atoms with van der Waals surface area (Å²) in [5, 5.41) is 10.6. The van der Waals surface area contributed by atoms with Gasteiger partial charge in [0.15, 0.2) is 0 Å². The van der Waals surface area contributed by atoms with Gasteiger partial charge in [-0.2, -0.15) is 0 Å². The van der Waals surface area contributed by atoms with Crippen molar-refractivity contribution in [1.82, 2.24) is 14.7 Å². The maximum atomic E-state index is 10.6. The second-order valence-electron chi connectivity index (χ2n) is 7.54. The van der Waals surface area contributed by atoms with Crippen LogP contribution in [0.4, 0.5) is 0 Å². The first-order chi connectivity index (χ1) is 12.6. The Morgan fingerprint density at radius 3 is 2.69 bits per heavy atom. The molecule has 0 radical (unpaired) electrons. The first-order valence-corrected chi connectivity index (χ1v) is 9.79. The van der Waals surface area contributed by atoms with Gasteiger partial charge in [-0.1, -0.05) is 18.2 Å². The molecule has 0 spiro atoms. The van der Waals surface area contributed by atoms with Gasteiger partial charge in [0.1, 0.15) is 5.75 Å². The van der Waals surface area contributed by atoms with Crippen LogP contribution in [0.5, 0.6) is 5.75 Å². The minimum absolute atomic E-state index is 0.256. The molecular formula is C21H33N3O2. The monoisotopic (exact) mass is 359 g/mol. The van der Waals surface area contributed by atoms with E-state index in [9.17, 15) is 5.11 Å². The van der Waals surface area contributed by atoms with Crippen molar-refractivity contribution in [3.8, 4) is 5.75 Å². The molecule has 0 aromatic heterocycles. The number of likely N-dealkylation sites (tertiary alicyclic amines) is 1. The van der Waals surface area contributed by atoms with Gasteiger partial charge >= 0.3 is 0 Å². The summed E-state index contributed by atoms with van der Waals surface area (Å²) in [6.45, 7) is 13.4. The van der Waals surface area contributed by atoms with Gasteiger partial charge in [0, 0.05) is 51.9 Å². The van der Waals surface area contributed by atoms with Crippen LogP contribution in [0.15, 0.2) is 30.9 Å². The molecule has 3 rings (SSSR count). The molecule has 26 heavy (non-hydrogen) atoms. The number of hydrogen-bond acceptors (Lipinski definition) is 5. The van der Waals surface area contributed by atoms with Gasteiger partial charge < -0.3 is 14.7 Å². The van der Waals surface area contributed by atoms with Gasteiger partial charge in [0.05, 0.1) is 12.7 Å². The van der Waals surface area contributed by atoms with Gasteiger partial charge in [-0.25, -0.2) is 0 Å². The Balaban J connectivity index is 1.62. The maximum absolute atomic E-state index is 10.6. The minimum Gasteiger partial charge on any atom is -0.494 e. The van der Waals surface area contributed by atoms with Gasteiger partial charge in [-0.3, -0.25) is 9.80 Å². The first kappa shape index (κ1) is 19.4. The number of piperazine rings is 1. The average Bonchev–Trinajstić information content (AvgIpc) is 2.98. The molecule has 1 aromatic rings. The zero-order chi connectivity index (χ0) is 18.5. The fourth-order valence-electron chi connectivity index (χ4n) is 4.09. The number of ether oxygens (including phenoxy) is 1. The molecule has 2 aliphatic rings. The standard InChI is InChI=1S/C21H33N3O2/c1-4-6-18-13-17(7-8-21(18)26-5-2)14-23-15-19(20(25)16-23)24-11-9-22(3)10-12-24/h4,7-8,13,19-20,25H,1,5-6,9-12,14-16H2,2-3H3/t19-,20-/m1/s1. The molecule has 5 heteroatoms. The highest BCUT2D eigenvalue weighted by Crippen LogP contribution is 2.24. The van der Waals surface area contributed by atoms with E-state index in [1.54, 1.807) is 0 Å². The molecule has 2 saturated heterocycles. The third-order valence-electron chi connectivity index (χ3n) is 5.54. The fraction of sp³-hybridized carbons (Fsp3) is 0.619. The zero-order valence-electron chi connectivity index (χ0n) is 16.2. The number of rotatable bonds is 7. The SMILES string of the molecule is C=CCc1cc(CN2C[C@@H](O)[C@H](N3CCN(C)CC3)C2)ccc1OCC. The van der Waals surface area contributed by atoms with Crippen molar-refractivity contribution in [3.63, 3.8) is 0 Å². The normalized spacial score (nSPS) is 25.5. The molecule has 2 fully saturated rings. The topological polar surface area (TPSA) is 39.2 Å². The summed E-state index contributed by atoms with van der Waals surface area (Å²) in [4.78, 5) is 7.20. The maximum Gasteiger partial charge on any atom is 0.122 e. The van der Waals surface area contributed by atoms with Gasteiger partial charge in [-0.05, 0) is 37.6 Å². The average molecular weight is 360 g/mol. The van der Waals surface area contributed by atoms with Crippen molar-refractivity contribution >= 4 is 0 Å². The summed E-state index contributed by atoms with van der Waals surface area (Å²) in [5.74, 6) is 0.952. The highest BCUT2D eigenvalue weighted by molar-refractivity contribution is 5.38. The van der Waals surface area contributed by atoms with Crippen molar-refractivity contribution in [2.75, 3.05) is 52.9 Å². The fourth-order valence-corrected chi connectivity index (χ4v) is 4.09. The van der Waals surface area contributed by atoms with Crippen LogP contribution in [0.3, 0.4) is 0 Å². The Bertz CT molecular complexity index is 599. The molecule has 0 aliphatic carbocycles. The van der Waals surface area contributed by atoms with Gasteiger partial charge in [-0.15, -0.1) is 6.58 Å². The van der Waals surface area contributed by atoms with E-state index in [1.165, 1.54) is 11.1 Å². The molecule has 1 N–H and O–H groups in total. The number of likely N-dealkylation sites (N-methyl/N-ethyl adjacent to an activating group) is 1. The summed E-state index contributed by atoms with van der Waals surface area (Å²) < 4.78 is 5.72. The molecular weight excluding hydrogens is 326 g/mol. The lowest BCUT2D eigenvalue weighted by Gasteiger charge is -2.37. The van der Waals surface area contributed by atoms with E-state index < -0.39 is 0 Å². The summed E-state index contributed by atoms with van der Waals surface area (Å²) in [6, 6.07) is 6.70. The molecule has 1 aromatic carbocycles. The number of allylic oxidation sites excluding steroid dienone is 1. The van der Waals surface area contributed by atoms with Crippen molar-refractivity contribution in [1.29, 1.82) is 0 Å². The third-order valence-corrected chi connectivity index (χ3v) is 5.54. The number of benzene rings is 1.